The van der Waals surface area contributed by atoms with E-state index >= 15 is 0 Å². The lowest BCUT2D eigenvalue weighted by atomic mass is 9.68. The second-order valence-electron chi connectivity index (χ2n) is 9.67. The Morgan fingerprint density at radius 1 is 1.18 bits per heavy atom. The molecule has 0 saturated carbocycles. The number of Topliss-reactive ketones (excluding diaryl/α,β-unsaturated/α-hetero) is 1. The number of para-hydroxylation sites is 1. The van der Waals surface area contributed by atoms with Gasteiger partial charge < -0.3 is 10.6 Å². The van der Waals surface area contributed by atoms with E-state index in [-0.39, 0.29) is 27.8 Å². The Morgan fingerprint density at radius 3 is 2.56 bits per heavy atom. The molecule has 0 radical (unpaired) electrons. The lowest BCUT2D eigenvalue weighted by molar-refractivity contribution is -0.384. The second-order valence-corrected chi connectivity index (χ2v) is 10.1. The molecule has 0 saturated heterocycles. The van der Waals surface area contributed by atoms with Crippen LogP contribution in [0.3, 0.4) is 0 Å². The molecule has 176 valence electrons. The first kappa shape index (κ1) is 23.7. The first-order chi connectivity index (χ1) is 16.0. The number of rotatable bonds is 4. The van der Waals surface area contributed by atoms with E-state index in [4.69, 9.17) is 11.6 Å². The Balaban J connectivity index is 1.87. The number of allylic oxidation sites excluding steroid dienone is 3. The quantitative estimate of drug-likeness (QED) is 0.426. The standard InChI is InChI=1S/C26H26ClN3O4/c1-14-7-5-6-8-18(14)29-25(32)22-15(2)28-19-12-26(3,4)13-21(31)24(19)23(22)16-9-10-17(27)20(11-16)30(33)34/h5-11,23,28H,12-13H2,1-4H3,(H,29,32)/t23-/m0/s1. The molecule has 2 aromatic carbocycles. The number of aryl methyl sites for hydroxylation is 1. The molecule has 2 aliphatic rings. The van der Waals surface area contributed by atoms with Crippen molar-refractivity contribution in [1.29, 1.82) is 0 Å². The minimum atomic E-state index is -0.750. The molecule has 8 heteroatoms. The molecule has 1 aliphatic carbocycles. The van der Waals surface area contributed by atoms with Gasteiger partial charge in [-0.05, 0) is 48.9 Å². The van der Waals surface area contributed by atoms with Crippen LogP contribution in [0.5, 0.6) is 0 Å². The van der Waals surface area contributed by atoms with Gasteiger partial charge in [0.05, 0.1) is 4.92 Å². The highest BCUT2D eigenvalue weighted by Gasteiger charge is 2.43. The zero-order valence-electron chi connectivity index (χ0n) is 19.5. The van der Waals surface area contributed by atoms with Crippen molar-refractivity contribution in [2.24, 2.45) is 5.41 Å². The van der Waals surface area contributed by atoms with Crippen molar-refractivity contribution >= 4 is 34.7 Å². The summed E-state index contributed by atoms with van der Waals surface area (Å²) in [5.41, 5.74) is 3.74. The fourth-order valence-electron chi connectivity index (χ4n) is 4.82. The third-order valence-corrected chi connectivity index (χ3v) is 6.70. The predicted molar refractivity (Wildman–Crippen MR) is 132 cm³/mol. The van der Waals surface area contributed by atoms with E-state index in [0.717, 1.165) is 11.3 Å². The van der Waals surface area contributed by atoms with Crippen molar-refractivity contribution in [3.63, 3.8) is 0 Å². The number of carbonyl (C=O) groups is 2. The van der Waals surface area contributed by atoms with Crippen molar-refractivity contribution in [2.45, 2.75) is 46.5 Å². The number of dihydropyridines is 1. The minimum absolute atomic E-state index is 0.000366. The Morgan fingerprint density at radius 2 is 1.88 bits per heavy atom. The number of hydrogen-bond donors (Lipinski definition) is 2. The average Bonchev–Trinajstić information content (AvgIpc) is 2.73. The van der Waals surface area contributed by atoms with Gasteiger partial charge in [0.25, 0.3) is 11.6 Å². The van der Waals surface area contributed by atoms with Gasteiger partial charge in [0.15, 0.2) is 5.78 Å². The van der Waals surface area contributed by atoms with Gasteiger partial charge in [-0.2, -0.15) is 0 Å². The van der Waals surface area contributed by atoms with Crippen LogP contribution in [-0.2, 0) is 9.59 Å². The molecule has 1 atom stereocenters. The maximum atomic E-state index is 13.6. The summed E-state index contributed by atoms with van der Waals surface area (Å²) in [6, 6.07) is 11.9. The molecular formula is C26H26ClN3O4. The molecule has 1 heterocycles. The number of nitrogens with one attached hydrogen (secondary N) is 2. The van der Waals surface area contributed by atoms with Crippen LogP contribution in [0.1, 0.15) is 50.7 Å². The SMILES string of the molecule is CC1=C(C(=O)Nc2ccccc2C)[C@H](c2ccc(Cl)c([N+](=O)[O-])c2)C2=C(CC(C)(C)CC2=O)N1. The molecule has 1 amide bonds. The van der Waals surface area contributed by atoms with Crippen molar-refractivity contribution in [3.8, 4) is 0 Å². The lowest BCUT2D eigenvalue weighted by Gasteiger charge is -2.39. The molecule has 0 aromatic heterocycles. The first-order valence-electron chi connectivity index (χ1n) is 11.0. The maximum Gasteiger partial charge on any atom is 0.288 e. The molecular weight excluding hydrogens is 454 g/mol. The Bertz CT molecular complexity index is 1290. The third kappa shape index (κ3) is 4.35. The van der Waals surface area contributed by atoms with Crippen LogP contribution in [0.4, 0.5) is 11.4 Å². The normalized spacial score (nSPS) is 19.4. The van der Waals surface area contributed by atoms with Gasteiger partial charge >= 0.3 is 0 Å². The topological polar surface area (TPSA) is 101 Å². The van der Waals surface area contributed by atoms with E-state index in [1.54, 1.807) is 19.1 Å². The van der Waals surface area contributed by atoms with Crippen LogP contribution in [0.15, 0.2) is 65.0 Å². The third-order valence-electron chi connectivity index (χ3n) is 6.38. The number of amides is 1. The summed E-state index contributed by atoms with van der Waals surface area (Å²) in [4.78, 5) is 38.0. The predicted octanol–water partition coefficient (Wildman–Crippen LogP) is 5.80. The average molecular weight is 480 g/mol. The Kier molecular flexibility index (Phi) is 6.08. The van der Waals surface area contributed by atoms with Crippen LogP contribution in [0.25, 0.3) is 0 Å². The fraction of sp³-hybridized carbons (Fsp3) is 0.308. The van der Waals surface area contributed by atoms with Gasteiger partial charge in [-0.3, -0.25) is 19.7 Å². The van der Waals surface area contributed by atoms with E-state index in [1.807, 2.05) is 39.0 Å². The molecule has 0 fully saturated rings. The van der Waals surface area contributed by atoms with Gasteiger partial charge in [-0.15, -0.1) is 0 Å². The number of halogens is 1. The van der Waals surface area contributed by atoms with Crippen LogP contribution >= 0.6 is 11.6 Å². The number of nitrogens with zero attached hydrogens (tertiary/aromatic N) is 1. The molecule has 7 nitrogen and oxygen atoms in total. The second kappa shape index (κ2) is 8.72. The smallest absolute Gasteiger partial charge is 0.288 e. The summed E-state index contributed by atoms with van der Waals surface area (Å²) < 4.78 is 0. The van der Waals surface area contributed by atoms with Gasteiger partial charge in [0.2, 0.25) is 0 Å². The van der Waals surface area contributed by atoms with E-state index in [0.29, 0.717) is 40.9 Å². The maximum absolute atomic E-state index is 13.6. The fourth-order valence-corrected chi connectivity index (χ4v) is 5.01. The highest BCUT2D eigenvalue weighted by molar-refractivity contribution is 6.32. The summed E-state index contributed by atoms with van der Waals surface area (Å²) in [7, 11) is 0. The van der Waals surface area contributed by atoms with Crippen LogP contribution < -0.4 is 10.6 Å². The molecule has 0 spiro atoms. The largest absolute Gasteiger partial charge is 0.362 e. The highest BCUT2D eigenvalue weighted by atomic mass is 35.5. The summed E-state index contributed by atoms with van der Waals surface area (Å²) in [5.74, 6) is -1.19. The number of benzene rings is 2. The molecule has 2 N–H and O–H groups in total. The monoisotopic (exact) mass is 479 g/mol. The molecule has 1 aliphatic heterocycles. The van der Waals surface area contributed by atoms with Gasteiger partial charge in [-0.1, -0.05) is 49.7 Å². The summed E-state index contributed by atoms with van der Waals surface area (Å²) >= 11 is 6.06. The zero-order chi connectivity index (χ0) is 24.8. The number of nitro benzene ring substituents is 1. The van der Waals surface area contributed by atoms with Gasteiger partial charge in [-0.25, -0.2) is 0 Å². The van der Waals surface area contributed by atoms with Gasteiger partial charge in [0, 0.05) is 46.6 Å². The molecule has 0 unspecified atom stereocenters. The summed E-state index contributed by atoms with van der Waals surface area (Å²) in [6.07, 6.45) is 0.954. The molecule has 4 rings (SSSR count). The van der Waals surface area contributed by atoms with Crippen LogP contribution in [0.2, 0.25) is 5.02 Å². The summed E-state index contributed by atoms with van der Waals surface area (Å²) in [6.45, 7) is 7.74. The molecule has 2 aromatic rings. The number of nitro groups is 1. The molecule has 34 heavy (non-hydrogen) atoms. The Hall–Kier alpha value is -3.45. The Labute approximate surface area is 203 Å². The van der Waals surface area contributed by atoms with Crippen molar-refractivity contribution in [3.05, 3.63) is 91.3 Å². The number of hydrogen-bond acceptors (Lipinski definition) is 5. The van der Waals surface area contributed by atoms with E-state index in [1.165, 1.54) is 12.1 Å². The van der Waals surface area contributed by atoms with Crippen LogP contribution in [0, 0.1) is 22.5 Å². The number of ketones is 1. The number of anilines is 1. The van der Waals surface area contributed by atoms with E-state index < -0.39 is 10.8 Å². The van der Waals surface area contributed by atoms with E-state index in [2.05, 4.69) is 10.6 Å². The van der Waals surface area contributed by atoms with Crippen molar-refractivity contribution in [2.75, 3.05) is 5.32 Å². The first-order valence-corrected chi connectivity index (χ1v) is 11.4. The molecule has 0 bridgehead atoms. The van der Waals surface area contributed by atoms with Crippen molar-refractivity contribution < 1.29 is 14.5 Å². The lowest BCUT2D eigenvalue weighted by Crippen LogP contribution is -2.39. The van der Waals surface area contributed by atoms with Gasteiger partial charge in [0.1, 0.15) is 5.02 Å². The minimum Gasteiger partial charge on any atom is -0.362 e. The van der Waals surface area contributed by atoms with E-state index in [9.17, 15) is 19.7 Å². The summed E-state index contributed by atoms with van der Waals surface area (Å²) in [5, 5.41) is 17.8. The van der Waals surface area contributed by atoms with Crippen LogP contribution in [-0.4, -0.2) is 16.6 Å². The highest BCUT2D eigenvalue weighted by Crippen LogP contribution is 2.47. The van der Waals surface area contributed by atoms with Crippen molar-refractivity contribution in [1.82, 2.24) is 5.32 Å². The zero-order valence-corrected chi connectivity index (χ0v) is 20.2. The number of carbonyl (C=O) groups excluding carboxylic acids is 2.